The largest absolute Gasteiger partial charge is 0.497 e. The van der Waals surface area contributed by atoms with Crippen LogP contribution in [0.1, 0.15) is 5.82 Å². The van der Waals surface area contributed by atoms with Crippen LogP contribution in [0.15, 0.2) is 71.3 Å². The molecule has 2 aromatic carbocycles. The number of hydrogen-bond acceptors (Lipinski definition) is 8. The van der Waals surface area contributed by atoms with Gasteiger partial charge in [-0.05, 0) is 24.3 Å². The van der Waals surface area contributed by atoms with Gasteiger partial charge in [-0.2, -0.15) is 0 Å². The Kier molecular flexibility index (Phi) is 7.33. The van der Waals surface area contributed by atoms with Crippen LogP contribution in [-0.4, -0.2) is 44.4 Å². The lowest BCUT2D eigenvalue weighted by atomic mass is 10.2. The molecule has 0 aliphatic heterocycles. The highest BCUT2D eigenvalue weighted by atomic mass is 32.2. The molecular formula is C22H20N6O3S2. The first-order chi connectivity index (χ1) is 16.1. The van der Waals surface area contributed by atoms with Gasteiger partial charge in [0.15, 0.2) is 10.3 Å². The maximum absolute atomic E-state index is 12.7. The molecule has 2 N–H and O–H groups in total. The topological polar surface area (TPSA) is 111 Å². The zero-order chi connectivity index (χ0) is 23.0. The number of carbonyl (C=O) groups is 2. The number of para-hydroxylation sites is 1. The quantitative estimate of drug-likeness (QED) is 0.352. The predicted molar refractivity (Wildman–Crippen MR) is 128 cm³/mol. The number of amides is 2. The molecule has 33 heavy (non-hydrogen) atoms. The molecule has 9 nitrogen and oxygen atoms in total. The van der Waals surface area contributed by atoms with E-state index in [1.54, 1.807) is 47.5 Å². The Bertz CT molecular complexity index is 1230. The second-order valence-corrected chi connectivity index (χ2v) is 8.54. The van der Waals surface area contributed by atoms with Crippen molar-refractivity contribution in [2.45, 2.75) is 11.6 Å². The summed E-state index contributed by atoms with van der Waals surface area (Å²) in [6.45, 7) is 0. The van der Waals surface area contributed by atoms with Crippen LogP contribution >= 0.6 is 23.1 Å². The summed E-state index contributed by atoms with van der Waals surface area (Å²) in [5.41, 5.74) is 1.42. The third kappa shape index (κ3) is 5.96. The third-order valence-corrected chi connectivity index (χ3v) is 6.02. The number of aromatic nitrogens is 4. The van der Waals surface area contributed by atoms with Gasteiger partial charge in [0.25, 0.3) is 0 Å². The van der Waals surface area contributed by atoms with Crippen LogP contribution in [0.2, 0.25) is 0 Å². The molecule has 168 valence electrons. The molecule has 0 aliphatic carbocycles. The number of thioether (sulfide) groups is 1. The van der Waals surface area contributed by atoms with Crippen molar-refractivity contribution in [1.29, 1.82) is 0 Å². The van der Waals surface area contributed by atoms with Gasteiger partial charge in [-0.3, -0.25) is 14.2 Å². The molecule has 0 fully saturated rings. The van der Waals surface area contributed by atoms with Crippen molar-refractivity contribution in [3.63, 3.8) is 0 Å². The van der Waals surface area contributed by atoms with Crippen LogP contribution in [0.25, 0.3) is 5.69 Å². The number of ether oxygens (including phenoxy) is 1. The molecule has 2 amide bonds. The van der Waals surface area contributed by atoms with Crippen LogP contribution in [0.4, 0.5) is 10.8 Å². The van der Waals surface area contributed by atoms with E-state index in [9.17, 15) is 9.59 Å². The Hall–Kier alpha value is -3.70. The van der Waals surface area contributed by atoms with Crippen molar-refractivity contribution < 1.29 is 14.3 Å². The first-order valence-corrected chi connectivity index (χ1v) is 11.7. The van der Waals surface area contributed by atoms with E-state index < -0.39 is 0 Å². The van der Waals surface area contributed by atoms with Crippen LogP contribution in [0, 0.1) is 0 Å². The highest BCUT2D eigenvalue weighted by Crippen LogP contribution is 2.23. The molecule has 0 aliphatic rings. The molecule has 0 saturated heterocycles. The summed E-state index contributed by atoms with van der Waals surface area (Å²) in [6, 6.07) is 16.6. The highest BCUT2D eigenvalue weighted by molar-refractivity contribution is 7.99. The van der Waals surface area contributed by atoms with E-state index in [-0.39, 0.29) is 24.0 Å². The van der Waals surface area contributed by atoms with E-state index in [0.29, 0.717) is 27.5 Å². The Labute approximate surface area is 198 Å². The Balaban J connectivity index is 1.49. The van der Waals surface area contributed by atoms with Gasteiger partial charge in [0.05, 0.1) is 19.3 Å². The molecule has 0 atom stereocenters. The lowest BCUT2D eigenvalue weighted by molar-refractivity contribution is -0.116. The number of thiazole rings is 1. The van der Waals surface area contributed by atoms with Crippen LogP contribution in [-0.2, 0) is 16.0 Å². The lowest BCUT2D eigenvalue weighted by Crippen LogP contribution is -2.18. The van der Waals surface area contributed by atoms with E-state index in [1.165, 1.54) is 23.1 Å². The minimum atomic E-state index is -0.245. The van der Waals surface area contributed by atoms with Gasteiger partial charge in [0, 0.05) is 29.0 Å². The summed E-state index contributed by atoms with van der Waals surface area (Å²) >= 11 is 2.58. The Morgan fingerprint density at radius 2 is 1.91 bits per heavy atom. The molecule has 0 unspecified atom stereocenters. The zero-order valence-electron chi connectivity index (χ0n) is 17.6. The molecule has 2 heterocycles. The summed E-state index contributed by atoms with van der Waals surface area (Å²) in [7, 11) is 1.57. The number of nitrogens with one attached hydrogen (secondary N) is 2. The van der Waals surface area contributed by atoms with E-state index in [1.807, 2.05) is 30.3 Å². The van der Waals surface area contributed by atoms with Gasteiger partial charge >= 0.3 is 0 Å². The molecule has 0 radical (unpaired) electrons. The first-order valence-electron chi connectivity index (χ1n) is 9.88. The molecular weight excluding hydrogens is 460 g/mol. The molecule has 4 aromatic rings. The van der Waals surface area contributed by atoms with Crippen LogP contribution in [0.5, 0.6) is 5.75 Å². The number of nitrogens with zero attached hydrogens (tertiary/aromatic N) is 4. The number of rotatable bonds is 9. The molecule has 2 aromatic heterocycles. The van der Waals surface area contributed by atoms with Crippen molar-refractivity contribution in [2.75, 3.05) is 23.5 Å². The normalized spacial score (nSPS) is 10.6. The molecule has 4 rings (SSSR count). The van der Waals surface area contributed by atoms with Crippen molar-refractivity contribution in [3.05, 3.63) is 72.0 Å². The third-order valence-electron chi connectivity index (χ3n) is 4.40. The fraction of sp³-hybridized carbons (Fsp3) is 0.136. The summed E-state index contributed by atoms with van der Waals surface area (Å²) in [5.74, 6) is 0.792. The molecule has 0 bridgehead atoms. The smallest absolute Gasteiger partial charge is 0.236 e. The molecule has 0 saturated carbocycles. The summed E-state index contributed by atoms with van der Waals surface area (Å²) in [5, 5.41) is 16.9. The minimum Gasteiger partial charge on any atom is -0.497 e. The molecule has 11 heteroatoms. The lowest BCUT2D eigenvalue weighted by Gasteiger charge is -2.11. The van der Waals surface area contributed by atoms with E-state index in [2.05, 4.69) is 25.8 Å². The molecule has 0 spiro atoms. The van der Waals surface area contributed by atoms with Gasteiger partial charge in [-0.15, -0.1) is 21.5 Å². The maximum atomic E-state index is 12.7. The highest BCUT2D eigenvalue weighted by Gasteiger charge is 2.18. The number of methoxy groups -OCH3 is 1. The predicted octanol–water partition coefficient (Wildman–Crippen LogP) is 3.64. The minimum absolute atomic E-state index is 0.00494. The van der Waals surface area contributed by atoms with E-state index >= 15 is 0 Å². The Morgan fingerprint density at radius 3 is 2.67 bits per heavy atom. The average Bonchev–Trinajstić information content (AvgIpc) is 3.48. The van der Waals surface area contributed by atoms with Crippen molar-refractivity contribution in [2.24, 2.45) is 0 Å². The fourth-order valence-electron chi connectivity index (χ4n) is 2.96. The number of hydrogen-bond donors (Lipinski definition) is 2. The van der Waals surface area contributed by atoms with Gasteiger partial charge in [-0.25, -0.2) is 4.98 Å². The van der Waals surface area contributed by atoms with Crippen LogP contribution < -0.4 is 15.4 Å². The SMILES string of the molecule is COc1cccc(NC(=O)Cc2nnc(SCC(=O)Nc3nccs3)n2-c2ccccc2)c1. The summed E-state index contributed by atoms with van der Waals surface area (Å²) in [6.07, 6.45) is 1.63. The van der Waals surface area contributed by atoms with Gasteiger partial charge in [-0.1, -0.05) is 36.0 Å². The first kappa shape index (κ1) is 22.5. The fourth-order valence-corrected chi connectivity index (χ4v) is 4.28. The summed E-state index contributed by atoms with van der Waals surface area (Å²) < 4.78 is 6.98. The second kappa shape index (κ2) is 10.7. The van der Waals surface area contributed by atoms with E-state index in [4.69, 9.17) is 4.74 Å². The van der Waals surface area contributed by atoms with Gasteiger partial charge < -0.3 is 15.4 Å². The Morgan fingerprint density at radius 1 is 1.06 bits per heavy atom. The number of benzene rings is 2. The summed E-state index contributed by atoms with van der Waals surface area (Å²) in [4.78, 5) is 29.0. The standard InChI is InChI=1S/C22H20N6O3S2/c1-31-17-9-5-6-15(12-17)24-19(29)13-18-26-27-22(28(18)16-7-3-2-4-8-16)33-14-20(30)25-21-23-10-11-32-21/h2-12H,13-14H2,1H3,(H,24,29)(H,23,25,30). The zero-order valence-corrected chi connectivity index (χ0v) is 19.2. The maximum Gasteiger partial charge on any atom is 0.236 e. The number of carbonyl (C=O) groups excluding carboxylic acids is 2. The van der Waals surface area contributed by atoms with Gasteiger partial charge in [0.2, 0.25) is 11.8 Å². The monoisotopic (exact) mass is 480 g/mol. The van der Waals surface area contributed by atoms with E-state index in [0.717, 1.165) is 5.69 Å². The second-order valence-electron chi connectivity index (χ2n) is 6.70. The van der Waals surface area contributed by atoms with Crippen molar-refractivity contribution in [1.82, 2.24) is 19.7 Å². The van der Waals surface area contributed by atoms with Crippen LogP contribution in [0.3, 0.4) is 0 Å². The average molecular weight is 481 g/mol. The van der Waals surface area contributed by atoms with Gasteiger partial charge in [0.1, 0.15) is 11.6 Å². The van der Waals surface area contributed by atoms with Crippen molar-refractivity contribution in [3.8, 4) is 11.4 Å². The number of anilines is 2. The van der Waals surface area contributed by atoms with Crippen molar-refractivity contribution >= 4 is 45.7 Å².